The topological polar surface area (TPSA) is 142 Å². The van der Waals surface area contributed by atoms with Crippen molar-refractivity contribution in [2.45, 2.75) is 94.5 Å². The first-order valence-corrected chi connectivity index (χ1v) is 12.7. The van der Waals surface area contributed by atoms with Gasteiger partial charge in [-0.25, -0.2) is 4.79 Å². The number of carboxylic acids is 2. The average Bonchev–Trinajstić information content (AvgIpc) is 3.19. The highest BCUT2D eigenvalue weighted by atomic mass is 16.4. The van der Waals surface area contributed by atoms with E-state index in [1.54, 1.807) is 0 Å². The van der Waals surface area contributed by atoms with E-state index in [1.165, 1.54) is 32.1 Å². The molecular weight excluding hydrogens is 434 g/mol. The lowest BCUT2D eigenvalue weighted by Crippen LogP contribution is -2.49. The third-order valence-corrected chi connectivity index (χ3v) is 7.65. The number of nitrogens with one attached hydrogen (secondary N) is 2. The van der Waals surface area contributed by atoms with E-state index in [9.17, 15) is 19.5 Å². The second-order valence-corrected chi connectivity index (χ2v) is 9.95. The van der Waals surface area contributed by atoms with E-state index in [-0.39, 0.29) is 18.3 Å². The van der Waals surface area contributed by atoms with Crippen LogP contribution in [0.4, 0.5) is 5.69 Å². The van der Waals surface area contributed by atoms with Crippen LogP contribution >= 0.6 is 0 Å². The number of para-hydroxylation sites is 1. The molecule has 0 spiro atoms. The molecule has 0 saturated heterocycles. The third-order valence-electron chi connectivity index (χ3n) is 7.65. The molecule has 1 unspecified atom stereocenters. The van der Waals surface area contributed by atoms with E-state index in [1.807, 2.05) is 18.2 Å². The maximum atomic E-state index is 12.5. The molecule has 8 nitrogen and oxygen atoms in total. The molecule has 0 radical (unpaired) electrons. The molecule has 0 aromatic heterocycles. The van der Waals surface area contributed by atoms with Gasteiger partial charge >= 0.3 is 11.9 Å². The first-order chi connectivity index (χ1) is 16.3. The number of aliphatic carboxylic acids is 2. The van der Waals surface area contributed by atoms with Gasteiger partial charge in [-0.1, -0.05) is 63.1 Å². The molecule has 1 aromatic carbocycles. The zero-order valence-corrected chi connectivity index (χ0v) is 19.9. The fraction of sp³-hybridized carbons (Fsp3) is 0.654. The number of benzene rings is 1. The predicted molar refractivity (Wildman–Crippen MR) is 131 cm³/mol. The Morgan fingerprint density at radius 2 is 1.62 bits per heavy atom. The van der Waals surface area contributed by atoms with E-state index >= 15 is 0 Å². The number of carbonyl (C=O) groups is 3. The van der Waals surface area contributed by atoms with Crippen LogP contribution in [0.1, 0.15) is 82.6 Å². The molecule has 2 aliphatic rings. The molecule has 6 N–H and O–H groups in total. The molecule has 0 bridgehead atoms. The lowest BCUT2D eigenvalue weighted by atomic mass is 9.64. The molecule has 1 heterocycles. The first-order valence-electron chi connectivity index (χ1n) is 12.7. The van der Waals surface area contributed by atoms with Gasteiger partial charge in [0.15, 0.2) is 0 Å². The Hall–Kier alpha value is -2.61. The van der Waals surface area contributed by atoms with Crippen LogP contribution in [0.15, 0.2) is 24.3 Å². The van der Waals surface area contributed by atoms with Gasteiger partial charge in [0.05, 0.1) is 0 Å². The monoisotopic (exact) mass is 473 g/mol. The summed E-state index contributed by atoms with van der Waals surface area (Å²) in [6.07, 6.45) is 10.7. The van der Waals surface area contributed by atoms with E-state index in [0.29, 0.717) is 18.9 Å². The number of amides is 1. The highest BCUT2D eigenvalue weighted by molar-refractivity contribution is 5.84. The van der Waals surface area contributed by atoms with Crippen molar-refractivity contribution in [1.29, 1.82) is 0 Å². The maximum Gasteiger partial charge on any atom is 0.326 e. The van der Waals surface area contributed by atoms with Crippen LogP contribution in [0.2, 0.25) is 0 Å². The molecule has 3 atom stereocenters. The largest absolute Gasteiger partial charge is 0.480 e. The Balaban J connectivity index is 1.83. The van der Waals surface area contributed by atoms with Crippen molar-refractivity contribution in [3.63, 3.8) is 0 Å². The normalized spacial score (nSPS) is 23.2. The minimum absolute atomic E-state index is 0.0360. The summed E-state index contributed by atoms with van der Waals surface area (Å²) in [7, 11) is 0. The van der Waals surface area contributed by atoms with Gasteiger partial charge in [0.2, 0.25) is 5.91 Å². The highest BCUT2D eigenvalue weighted by Gasteiger charge is 2.47. The number of fused-ring (bicyclic) bond motifs is 1. The number of carbonyl (C=O) groups excluding carboxylic acids is 1. The van der Waals surface area contributed by atoms with Gasteiger partial charge in [-0.05, 0) is 43.2 Å². The lowest BCUT2D eigenvalue weighted by molar-refractivity contribution is -0.143. The van der Waals surface area contributed by atoms with E-state index in [0.717, 1.165) is 36.9 Å². The van der Waals surface area contributed by atoms with Crippen LogP contribution in [-0.2, 0) is 19.8 Å². The summed E-state index contributed by atoms with van der Waals surface area (Å²) in [5.41, 5.74) is 7.31. The van der Waals surface area contributed by atoms with Gasteiger partial charge in [0.1, 0.15) is 12.1 Å². The SMILES string of the molecule is N[C@@H](CCC(=O)N[C@@H](CC1(C2CCCCCCCCC2)CNc2ccccc21)C(=O)O)C(=O)O. The zero-order chi connectivity index (χ0) is 24.6. The quantitative estimate of drug-likeness (QED) is 0.368. The van der Waals surface area contributed by atoms with E-state index in [4.69, 9.17) is 10.8 Å². The van der Waals surface area contributed by atoms with Crippen LogP contribution in [0.3, 0.4) is 0 Å². The van der Waals surface area contributed by atoms with Crippen molar-refractivity contribution in [1.82, 2.24) is 5.32 Å². The Labute approximate surface area is 201 Å². The summed E-state index contributed by atoms with van der Waals surface area (Å²) >= 11 is 0. The molecule has 1 amide bonds. The van der Waals surface area contributed by atoms with Gasteiger partial charge in [0, 0.05) is 24.1 Å². The Bertz CT molecular complexity index is 851. The summed E-state index contributed by atoms with van der Waals surface area (Å²) in [6, 6.07) is 5.92. The summed E-state index contributed by atoms with van der Waals surface area (Å²) < 4.78 is 0. The number of nitrogens with two attached hydrogens (primary N) is 1. The van der Waals surface area contributed by atoms with Crippen LogP contribution in [0, 0.1) is 5.92 Å². The molecular formula is C26H39N3O5. The van der Waals surface area contributed by atoms with Gasteiger partial charge in [0.25, 0.3) is 0 Å². The van der Waals surface area contributed by atoms with Crippen LogP contribution in [-0.4, -0.2) is 46.7 Å². The number of hydrogen-bond acceptors (Lipinski definition) is 5. The van der Waals surface area contributed by atoms with Crippen molar-refractivity contribution in [2.75, 3.05) is 11.9 Å². The number of anilines is 1. The second kappa shape index (κ2) is 12.2. The maximum absolute atomic E-state index is 12.5. The van der Waals surface area contributed by atoms with Gasteiger partial charge in [-0.3, -0.25) is 9.59 Å². The molecule has 1 fully saturated rings. The summed E-state index contributed by atoms with van der Waals surface area (Å²) in [5, 5.41) is 25.2. The van der Waals surface area contributed by atoms with E-state index in [2.05, 4.69) is 16.7 Å². The van der Waals surface area contributed by atoms with Crippen molar-refractivity contribution in [2.24, 2.45) is 11.7 Å². The van der Waals surface area contributed by atoms with Gasteiger partial charge in [-0.15, -0.1) is 0 Å². The van der Waals surface area contributed by atoms with Crippen LogP contribution < -0.4 is 16.4 Å². The highest BCUT2D eigenvalue weighted by Crippen LogP contribution is 2.49. The predicted octanol–water partition coefficient (Wildman–Crippen LogP) is 3.64. The summed E-state index contributed by atoms with van der Waals surface area (Å²) in [4.78, 5) is 35.8. The molecule has 1 aliphatic heterocycles. The van der Waals surface area contributed by atoms with Crippen LogP contribution in [0.25, 0.3) is 0 Å². The van der Waals surface area contributed by atoms with Gasteiger partial charge in [-0.2, -0.15) is 0 Å². The molecule has 34 heavy (non-hydrogen) atoms. The fourth-order valence-corrected chi connectivity index (χ4v) is 5.74. The average molecular weight is 474 g/mol. The Kier molecular flexibility index (Phi) is 9.33. The lowest BCUT2D eigenvalue weighted by Gasteiger charge is -2.40. The number of rotatable bonds is 9. The van der Waals surface area contributed by atoms with Crippen molar-refractivity contribution >= 4 is 23.5 Å². The van der Waals surface area contributed by atoms with Crippen molar-refractivity contribution in [3.8, 4) is 0 Å². The molecule has 1 aliphatic carbocycles. The molecule has 1 aromatic rings. The first kappa shape index (κ1) is 26.0. The van der Waals surface area contributed by atoms with Crippen molar-refractivity contribution in [3.05, 3.63) is 29.8 Å². The number of hydrogen-bond donors (Lipinski definition) is 5. The molecule has 3 rings (SSSR count). The third kappa shape index (κ3) is 6.50. The summed E-state index contributed by atoms with van der Waals surface area (Å²) in [6.45, 7) is 0.653. The molecule has 188 valence electrons. The van der Waals surface area contributed by atoms with Crippen molar-refractivity contribution < 1.29 is 24.6 Å². The molecule has 8 heteroatoms. The smallest absolute Gasteiger partial charge is 0.326 e. The Morgan fingerprint density at radius 3 is 2.24 bits per heavy atom. The number of carboxylic acid groups (broad SMARTS) is 2. The summed E-state index contributed by atoms with van der Waals surface area (Å²) in [5.74, 6) is -2.41. The van der Waals surface area contributed by atoms with Gasteiger partial charge < -0.3 is 26.6 Å². The fourth-order valence-electron chi connectivity index (χ4n) is 5.74. The molecule has 1 saturated carbocycles. The minimum Gasteiger partial charge on any atom is -0.480 e. The second-order valence-electron chi connectivity index (χ2n) is 9.95. The Morgan fingerprint density at radius 1 is 1.00 bits per heavy atom. The standard InChI is InChI=1S/C26H39N3O5/c27-20(24(31)32)14-15-23(30)29-22(25(33)34)16-26(17-28-21-13-9-8-12-19(21)26)18-10-6-4-2-1-3-5-7-11-18/h8-9,12-13,18,20,22,28H,1-7,10-11,14-17,27H2,(H,29,30)(H,31,32)(H,33,34)/t20-,22-,26?/m0/s1. The zero-order valence-electron chi connectivity index (χ0n) is 19.9. The minimum atomic E-state index is -1.17. The van der Waals surface area contributed by atoms with Crippen LogP contribution in [0.5, 0.6) is 0 Å². The van der Waals surface area contributed by atoms with E-state index < -0.39 is 29.9 Å².